The highest BCUT2D eigenvalue weighted by Gasteiger charge is 2.19. The number of thiophene rings is 1. The molecule has 0 bridgehead atoms. The van der Waals surface area contributed by atoms with Gasteiger partial charge in [0.15, 0.2) is 0 Å². The second-order valence-corrected chi connectivity index (χ2v) is 7.70. The SMILES string of the molecule is C=CCN(Cc1cccs1)C(=O)Cc1c(C)nc2nc(SC)nn2c1C. The number of amides is 1. The minimum absolute atomic E-state index is 0.0517. The fourth-order valence-electron chi connectivity index (χ4n) is 2.80. The number of rotatable bonds is 7. The second-order valence-electron chi connectivity index (χ2n) is 5.89. The molecular formula is C18H21N5OS2. The molecule has 0 fully saturated rings. The fraction of sp³-hybridized carbons (Fsp3) is 0.333. The summed E-state index contributed by atoms with van der Waals surface area (Å²) in [5.41, 5.74) is 2.63. The molecule has 3 heterocycles. The van der Waals surface area contributed by atoms with Gasteiger partial charge in [-0.05, 0) is 31.5 Å². The minimum Gasteiger partial charge on any atom is -0.334 e. The van der Waals surface area contributed by atoms with Crippen LogP contribution in [-0.4, -0.2) is 43.2 Å². The topological polar surface area (TPSA) is 63.4 Å². The Hall–Kier alpha value is -2.19. The average molecular weight is 388 g/mol. The van der Waals surface area contributed by atoms with E-state index in [2.05, 4.69) is 21.6 Å². The molecule has 0 aliphatic carbocycles. The van der Waals surface area contributed by atoms with Crippen molar-refractivity contribution in [3.63, 3.8) is 0 Å². The predicted octanol–water partition coefficient (Wildman–Crippen LogP) is 3.28. The summed E-state index contributed by atoms with van der Waals surface area (Å²) in [6, 6.07) is 4.04. The van der Waals surface area contributed by atoms with Crippen molar-refractivity contribution in [3.8, 4) is 0 Å². The van der Waals surface area contributed by atoms with Crippen LogP contribution in [0, 0.1) is 13.8 Å². The van der Waals surface area contributed by atoms with Crippen LogP contribution in [0.15, 0.2) is 35.3 Å². The third-order valence-corrected chi connectivity index (χ3v) is 5.57. The third-order valence-electron chi connectivity index (χ3n) is 4.17. The van der Waals surface area contributed by atoms with Crippen LogP contribution in [0.5, 0.6) is 0 Å². The van der Waals surface area contributed by atoms with Gasteiger partial charge < -0.3 is 4.90 Å². The van der Waals surface area contributed by atoms with Gasteiger partial charge in [0.2, 0.25) is 11.1 Å². The van der Waals surface area contributed by atoms with E-state index in [0.717, 1.165) is 21.8 Å². The van der Waals surface area contributed by atoms with E-state index in [1.165, 1.54) is 11.8 Å². The quantitative estimate of drug-likeness (QED) is 0.460. The molecule has 0 saturated heterocycles. The molecule has 0 aromatic carbocycles. The van der Waals surface area contributed by atoms with Crippen LogP contribution in [0.2, 0.25) is 0 Å². The zero-order chi connectivity index (χ0) is 18.7. The van der Waals surface area contributed by atoms with E-state index in [1.807, 2.05) is 42.5 Å². The Morgan fingerprint density at radius 1 is 1.42 bits per heavy atom. The first-order valence-corrected chi connectivity index (χ1v) is 10.3. The monoisotopic (exact) mass is 387 g/mol. The number of carbonyl (C=O) groups is 1. The molecule has 0 unspecified atom stereocenters. The van der Waals surface area contributed by atoms with E-state index >= 15 is 0 Å². The van der Waals surface area contributed by atoms with Gasteiger partial charge in [-0.15, -0.1) is 23.0 Å². The highest BCUT2D eigenvalue weighted by atomic mass is 32.2. The molecule has 6 nitrogen and oxygen atoms in total. The van der Waals surface area contributed by atoms with Crippen molar-refractivity contribution in [2.75, 3.05) is 12.8 Å². The Morgan fingerprint density at radius 2 is 2.23 bits per heavy atom. The molecule has 1 amide bonds. The zero-order valence-corrected chi connectivity index (χ0v) is 16.7. The first kappa shape index (κ1) is 18.6. The standard InChI is InChI=1S/C18H21N5OS2/c1-5-8-22(11-14-7-6-9-26-14)16(24)10-15-12(2)19-17-20-18(25-4)21-23(17)13(15)3/h5-7,9H,1,8,10-11H2,2-4H3. The van der Waals surface area contributed by atoms with Crippen LogP contribution >= 0.6 is 23.1 Å². The maximum absolute atomic E-state index is 12.9. The Bertz CT molecular complexity index is 933. The molecular weight excluding hydrogens is 366 g/mol. The van der Waals surface area contributed by atoms with Crippen LogP contribution in [0.4, 0.5) is 0 Å². The van der Waals surface area contributed by atoms with Gasteiger partial charge in [-0.25, -0.2) is 9.50 Å². The summed E-state index contributed by atoms with van der Waals surface area (Å²) in [4.78, 5) is 24.8. The minimum atomic E-state index is 0.0517. The number of nitrogens with zero attached hydrogens (tertiary/aromatic N) is 5. The number of thioether (sulfide) groups is 1. The second kappa shape index (κ2) is 8.01. The van der Waals surface area contributed by atoms with Gasteiger partial charge in [0.25, 0.3) is 5.78 Å². The van der Waals surface area contributed by atoms with E-state index in [4.69, 9.17) is 0 Å². The molecule has 0 radical (unpaired) electrons. The third kappa shape index (κ3) is 3.81. The van der Waals surface area contributed by atoms with Gasteiger partial charge >= 0.3 is 0 Å². The van der Waals surface area contributed by atoms with Gasteiger partial charge in [-0.1, -0.05) is 23.9 Å². The molecule has 0 atom stereocenters. The zero-order valence-electron chi connectivity index (χ0n) is 15.1. The van der Waals surface area contributed by atoms with Crippen LogP contribution < -0.4 is 0 Å². The molecule has 0 aliphatic rings. The van der Waals surface area contributed by atoms with E-state index in [0.29, 0.717) is 24.0 Å². The molecule has 3 aromatic rings. The van der Waals surface area contributed by atoms with Crippen LogP contribution in [0.3, 0.4) is 0 Å². The molecule has 3 rings (SSSR count). The van der Waals surface area contributed by atoms with Gasteiger partial charge in [-0.3, -0.25) is 4.79 Å². The lowest BCUT2D eigenvalue weighted by atomic mass is 10.1. The van der Waals surface area contributed by atoms with Crippen molar-refractivity contribution in [2.45, 2.75) is 32.0 Å². The fourth-order valence-corrected chi connectivity index (χ4v) is 3.85. The van der Waals surface area contributed by atoms with E-state index in [-0.39, 0.29) is 12.3 Å². The summed E-state index contributed by atoms with van der Waals surface area (Å²) < 4.78 is 1.72. The van der Waals surface area contributed by atoms with Gasteiger partial charge in [0, 0.05) is 28.4 Å². The van der Waals surface area contributed by atoms with E-state index < -0.39 is 0 Å². The maximum Gasteiger partial charge on any atom is 0.253 e. The van der Waals surface area contributed by atoms with Crippen LogP contribution in [-0.2, 0) is 17.8 Å². The highest BCUT2D eigenvalue weighted by molar-refractivity contribution is 7.98. The van der Waals surface area contributed by atoms with Crippen LogP contribution in [0.1, 0.15) is 21.8 Å². The normalized spacial score (nSPS) is 11.0. The molecule has 0 aliphatic heterocycles. The lowest BCUT2D eigenvalue weighted by Gasteiger charge is -2.21. The van der Waals surface area contributed by atoms with Crippen molar-refractivity contribution in [2.24, 2.45) is 0 Å². The first-order chi connectivity index (χ1) is 12.5. The summed E-state index contributed by atoms with van der Waals surface area (Å²) in [5.74, 6) is 0.623. The van der Waals surface area contributed by atoms with Gasteiger partial charge in [0.1, 0.15) is 0 Å². The number of aromatic nitrogens is 4. The number of aryl methyl sites for hydroxylation is 2. The van der Waals surface area contributed by atoms with Crippen LogP contribution in [0.25, 0.3) is 5.78 Å². The summed E-state index contributed by atoms with van der Waals surface area (Å²) in [6.07, 6.45) is 3.97. The van der Waals surface area contributed by atoms with Crippen molar-refractivity contribution < 1.29 is 4.79 Å². The Balaban J connectivity index is 1.88. The smallest absolute Gasteiger partial charge is 0.253 e. The molecule has 26 heavy (non-hydrogen) atoms. The lowest BCUT2D eigenvalue weighted by molar-refractivity contribution is -0.130. The first-order valence-electron chi connectivity index (χ1n) is 8.21. The predicted molar refractivity (Wildman–Crippen MR) is 106 cm³/mol. The lowest BCUT2D eigenvalue weighted by Crippen LogP contribution is -2.32. The molecule has 3 aromatic heterocycles. The summed E-state index contributed by atoms with van der Waals surface area (Å²) >= 11 is 3.12. The molecule has 0 saturated carbocycles. The molecule has 136 valence electrons. The molecule has 0 N–H and O–H groups in total. The average Bonchev–Trinajstić information content (AvgIpc) is 3.27. The molecule has 0 spiro atoms. The Labute approximate surface area is 161 Å². The summed E-state index contributed by atoms with van der Waals surface area (Å²) in [6.45, 7) is 8.77. The highest BCUT2D eigenvalue weighted by Crippen LogP contribution is 2.19. The van der Waals surface area contributed by atoms with Crippen molar-refractivity contribution in [1.82, 2.24) is 24.5 Å². The van der Waals surface area contributed by atoms with Crippen molar-refractivity contribution in [1.29, 1.82) is 0 Å². The number of fused-ring (bicyclic) bond motifs is 1. The van der Waals surface area contributed by atoms with Gasteiger partial charge in [0.05, 0.1) is 13.0 Å². The summed E-state index contributed by atoms with van der Waals surface area (Å²) in [5, 5.41) is 7.14. The van der Waals surface area contributed by atoms with Crippen molar-refractivity contribution in [3.05, 3.63) is 52.0 Å². The van der Waals surface area contributed by atoms with E-state index in [9.17, 15) is 4.79 Å². The van der Waals surface area contributed by atoms with Gasteiger partial charge in [-0.2, -0.15) is 4.98 Å². The van der Waals surface area contributed by atoms with E-state index in [1.54, 1.807) is 21.9 Å². The number of hydrogen-bond acceptors (Lipinski definition) is 6. The molecule has 8 heteroatoms. The Morgan fingerprint density at radius 3 is 2.88 bits per heavy atom. The summed E-state index contributed by atoms with van der Waals surface area (Å²) in [7, 11) is 0. The maximum atomic E-state index is 12.9. The number of hydrogen-bond donors (Lipinski definition) is 0. The Kier molecular flexibility index (Phi) is 5.73. The van der Waals surface area contributed by atoms with Crippen molar-refractivity contribution >= 4 is 34.8 Å². The number of carbonyl (C=O) groups excluding carboxylic acids is 1. The largest absolute Gasteiger partial charge is 0.334 e.